The molecule has 4 nitrogen and oxygen atoms in total. The fourth-order valence-electron chi connectivity index (χ4n) is 8.23. The van der Waals surface area contributed by atoms with Gasteiger partial charge in [0.1, 0.15) is 11.2 Å². The Balaban J connectivity index is 1.53. The zero-order valence-electron chi connectivity index (χ0n) is 20.9. The third-order valence-electron chi connectivity index (χ3n) is 10.8. The molecule has 1 heterocycles. The summed E-state index contributed by atoms with van der Waals surface area (Å²) in [5.74, 6) is 2.50. The van der Waals surface area contributed by atoms with Gasteiger partial charge in [0, 0.05) is 23.8 Å². The van der Waals surface area contributed by atoms with Crippen LogP contribution in [0.2, 0.25) is 0 Å². The molecule has 1 aliphatic heterocycles. The Morgan fingerprint density at radius 2 is 1.78 bits per heavy atom. The number of aliphatic hydroxyl groups is 1. The van der Waals surface area contributed by atoms with Crippen LogP contribution in [0.1, 0.15) is 92.9 Å². The molecule has 0 aromatic rings. The van der Waals surface area contributed by atoms with Gasteiger partial charge in [0.15, 0.2) is 5.78 Å². The Morgan fingerprint density at radius 3 is 2.50 bits per heavy atom. The molecular formula is C28H42O4. The van der Waals surface area contributed by atoms with Crippen LogP contribution >= 0.6 is 0 Å². The minimum absolute atomic E-state index is 0.0531. The van der Waals surface area contributed by atoms with Gasteiger partial charge in [0.25, 0.3) is 0 Å². The number of fused-ring (bicyclic) bond motifs is 1. The van der Waals surface area contributed by atoms with Crippen LogP contribution in [-0.2, 0) is 14.6 Å². The molecular weight excluding hydrogens is 400 g/mol. The number of carbonyl (C=O) groups is 1. The standard InChI is InChI=1S/C28H42O4/c1-17(2)18(3)7-8-19(4)21-9-10-22-24-23(30)16-27-15-20(29)11-12-26(27,6)28(24,32-31-27)14-13-25(21,22)5/h7-8,17-21,29H,9-16H2,1-6H3/b8-7+/t18-,19-,20+,21+,25+,26+,27-,28+/m0/s1. The molecule has 178 valence electrons. The summed E-state index contributed by atoms with van der Waals surface area (Å²) < 4.78 is 0. The predicted molar refractivity (Wildman–Crippen MR) is 125 cm³/mol. The van der Waals surface area contributed by atoms with Crippen molar-refractivity contribution >= 4 is 5.78 Å². The molecule has 0 amide bonds. The summed E-state index contributed by atoms with van der Waals surface area (Å²) in [7, 11) is 0. The van der Waals surface area contributed by atoms with E-state index >= 15 is 0 Å². The number of carbonyl (C=O) groups excluding carboxylic acids is 1. The van der Waals surface area contributed by atoms with Crippen molar-refractivity contribution in [2.75, 3.05) is 0 Å². The SMILES string of the molecule is CC(C)[C@@H](C)/C=C/[C@H](C)[C@H]1CCC2=C3C(=O)C[C@@]45C[C@H](O)CC[C@@]4(C)[C@]3(CC[C@@]21C)OO5. The molecule has 8 atom stereocenters. The topological polar surface area (TPSA) is 55.8 Å². The summed E-state index contributed by atoms with van der Waals surface area (Å²) in [5, 5.41) is 10.4. The van der Waals surface area contributed by atoms with Gasteiger partial charge in [0.05, 0.1) is 6.10 Å². The summed E-state index contributed by atoms with van der Waals surface area (Å²) in [6, 6.07) is 0. The summed E-state index contributed by atoms with van der Waals surface area (Å²) in [5.41, 5.74) is 0.845. The van der Waals surface area contributed by atoms with Gasteiger partial charge >= 0.3 is 0 Å². The van der Waals surface area contributed by atoms with Gasteiger partial charge in [-0.1, -0.05) is 59.3 Å². The maximum Gasteiger partial charge on any atom is 0.164 e. The van der Waals surface area contributed by atoms with Gasteiger partial charge in [-0.15, -0.1) is 0 Å². The Morgan fingerprint density at radius 1 is 1.03 bits per heavy atom. The first-order chi connectivity index (χ1) is 15.0. The van der Waals surface area contributed by atoms with Gasteiger partial charge in [-0.3, -0.25) is 4.79 Å². The molecule has 0 radical (unpaired) electrons. The molecule has 4 heteroatoms. The Bertz CT molecular complexity index is 873. The Hall–Kier alpha value is -0.970. The highest BCUT2D eigenvalue weighted by atomic mass is 17.2. The average molecular weight is 443 g/mol. The molecule has 0 unspecified atom stereocenters. The van der Waals surface area contributed by atoms with Crippen LogP contribution in [0.3, 0.4) is 0 Å². The third kappa shape index (κ3) is 2.75. The minimum Gasteiger partial charge on any atom is -0.393 e. The van der Waals surface area contributed by atoms with Gasteiger partial charge in [-0.25, -0.2) is 9.78 Å². The van der Waals surface area contributed by atoms with Crippen LogP contribution in [0.5, 0.6) is 0 Å². The molecule has 4 aliphatic carbocycles. The number of aliphatic hydroxyl groups excluding tert-OH is 1. The molecule has 32 heavy (non-hydrogen) atoms. The van der Waals surface area contributed by atoms with Crippen LogP contribution in [0.4, 0.5) is 0 Å². The number of allylic oxidation sites excluding steroid dienone is 3. The van der Waals surface area contributed by atoms with Gasteiger partial charge < -0.3 is 5.11 Å². The zero-order valence-corrected chi connectivity index (χ0v) is 20.9. The fourth-order valence-corrected chi connectivity index (χ4v) is 8.23. The first-order valence-electron chi connectivity index (χ1n) is 13.0. The normalized spacial score (nSPS) is 47.6. The van der Waals surface area contributed by atoms with E-state index in [1.54, 1.807) is 0 Å². The number of hydrogen-bond donors (Lipinski definition) is 1. The molecule has 2 bridgehead atoms. The fraction of sp³-hybridized carbons (Fsp3) is 0.821. The lowest BCUT2D eigenvalue weighted by molar-refractivity contribution is -0.344. The lowest BCUT2D eigenvalue weighted by atomic mass is 9.45. The van der Waals surface area contributed by atoms with Crippen molar-refractivity contribution in [2.45, 2.75) is 110 Å². The predicted octanol–water partition coefficient (Wildman–Crippen LogP) is 5.94. The van der Waals surface area contributed by atoms with E-state index in [4.69, 9.17) is 9.78 Å². The largest absolute Gasteiger partial charge is 0.393 e. The second-order valence-corrected chi connectivity index (χ2v) is 12.6. The summed E-state index contributed by atoms with van der Waals surface area (Å²) >= 11 is 0. The van der Waals surface area contributed by atoms with E-state index < -0.39 is 17.3 Å². The number of rotatable bonds is 4. The smallest absolute Gasteiger partial charge is 0.164 e. The second-order valence-electron chi connectivity index (χ2n) is 12.6. The molecule has 4 fully saturated rings. The number of ketones is 1. The average Bonchev–Trinajstić information content (AvgIpc) is 3.15. The monoisotopic (exact) mass is 442 g/mol. The molecule has 0 aromatic heterocycles. The highest BCUT2D eigenvalue weighted by molar-refractivity contribution is 6.01. The van der Waals surface area contributed by atoms with Crippen molar-refractivity contribution in [2.24, 2.45) is 34.5 Å². The summed E-state index contributed by atoms with van der Waals surface area (Å²) in [4.78, 5) is 26.1. The summed E-state index contributed by atoms with van der Waals surface area (Å²) in [6.07, 6.45) is 10.9. The van der Waals surface area contributed by atoms with Gasteiger partial charge in [-0.2, -0.15) is 0 Å². The zero-order chi connectivity index (χ0) is 23.1. The van der Waals surface area contributed by atoms with E-state index in [-0.39, 0.29) is 16.6 Å². The van der Waals surface area contributed by atoms with Crippen molar-refractivity contribution in [1.29, 1.82) is 0 Å². The molecule has 3 saturated carbocycles. The van der Waals surface area contributed by atoms with Crippen molar-refractivity contribution < 1.29 is 19.7 Å². The van der Waals surface area contributed by atoms with E-state index in [9.17, 15) is 9.90 Å². The van der Waals surface area contributed by atoms with Gasteiger partial charge in [0.2, 0.25) is 0 Å². The van der Waals surface area contributed by atoms with E-state index in [1.165, 1.54) is 5.57 Å². The highest BCUT2D eigenvalue weighted by Gasteiger charge is 2.77. The quantitative estimate of drug-likeness (QED) is 0.432. The minimum atomic E-state index is -0.666. The van der Waals surface area contributed by atoms with Crippen molar-refractivity contribution in [3.05, 3.63) is 23.3 Å². The molecule has 1 saturated heterocycles. The highest BCUT2D eigenvalue weighted by Crippen LogP contribution is 2.72. The first kappa shape index (κ1) is 22.8. The number of hydrogen-bond acceptors (Lipinski definition) is 4. The third-order valence-corrected chi connectivity index (χ3v) is 10.8. The first-order valence-corrected chi connectivity index (χ1v) is 13.0. The molecule has 5 aliphatic rings. The Labute approximate surface area is 193 Å². The number of Topliss-reactive ketones (excluding diaryl/α,β-unsaturated/α-hetero) is 1. The molecule has 5 rings (SSSR count). The molecule has 0 aromatic carbocycles. The molecule has 1 N–H and O–H groups in total. The van der Waals surface area contributed by atoms with Crippen LogP contribution in [0.25, 0.3) is 0 Å². The maximum absolute atomic E-state index is 13.7. The van der Waals surface area contributed by atoms with Crippen molar-refractivity contribution in [3.8, 4) is 0 Å². The van der Waals surface area contributed by atoms with Crippen LogP contribution in [0, 0.1) is 34.5 Å². The lowest BCUT2D eigenvalue weighted by Crippen LogP contribution is -2.65. The van der Waals surface area contributed by atoms with E-state index in [0.717, 1.165) is 44.1 Å². The van der Waals surface area contributed by atoms with Crippen LogP contribution < -0.4 is 0 Å². The van der Waals surface area contributed by atoms with Crippen molar-refractivity contribution in [3.63, 3.8) is 0 Å². The summed E-state index contributed by atoms with van der Waals surface area (Å²) in [6.45, 7) is 13.9. The Kier molecular flexibility index (Phi) is 5.18. The maximum atomic E-state index is 13.7. The van der Waals surface area contributed by atoms with Crippen LogP contribution in [0.15, 0.2) is 23.3 Å². The van der Waals surface area contributed by atoms with E-state index in [2.05, 4.69) is 53.7 Å². The second kappa shape index (κ2) is 7.26. The molecule has 1 spiro atoms. The van der Waals surface area contributed by atoms with E-state index in [1.807, 2.05) is 0 Å². The lowest BCUT2D eigenvalue weighted by Gasteiger charge is -2.58. The van der Waals surface area contributed by atoms with Crippen LogP contribution in [-0.4, -0.2) is 28.2 Å². The van der Waals surface area contributed by atoms with Crippen molar-refractivity contribution in [1.82, 2.24) is 0 Å². The van der Waals surface area contributed by atoms with E-state index in [0.29, 0.717) is 36.5 Å². The van der Waals surface area contributed by atoms with Gasteiger partial charge in [-0.05, 0) is 67.6 Å².